The van der Waals surface area contributed by atoms with E-state index in [0.717, 1.165) is 28.2 Å². The van der Waals surface area contributed by atoms with Crippen LogP contribution in [0.4, 0.5) is 23.0 Å². The highest BCUT2D eigenvalue weighted by Gasteiger charge is 2.11. The highest BCUT2D eigenvalue weighted by atomic mass is 16.5. The summed E-state index contributed by atoms with van der Waals surface area (Å²) in [6.07, 6.45) is 0. The molecule has 0 radical (unpaired) electrons. The Labute approximate surface area is 151 Å². The topological polar surface area (TPSA) is 59.1 Å². The zero-order valence-corrected chi connectivity index (χ0v) is 14.3. The number of aromatic nitrogens is 2. The van der Waals surface area contributed by atoms with Crippen molar-refractivity contribution in [3.8, 4) is 5.75 Å². The molecule has 26 heavy (non-hydrogen) atoms. The standard InChI is InChI=1S/C21H18N4O/c1-26-17-12-13-18-19(14-17)25-21(23-16-10-6-3-7-11-16)20(24-18)22-15-8-4-2-5-9-15/h2-14H,1H3,(H,22,24)(H,23,25). The first kappa shape index (κ1) is 15.9. The van der Waals surface area contributed by atoms with Crippen molar-refractivity contribution in [3.05, 3.63) is 78.9 Å². The lowest BCUT2D eigenvalue weighted by molar-refractivity contribution is 0.415. The van der Waals surface area contributed by atoms with Gasteiger partial charge in [-0.2, -0.15) is 0 Å². The molecule has 128 valence electrons. The molecule has 2 N–H and O–H groups in total. The first-order valence-electron chi connectivity index (χ1n) is 8.32. The number of hydrogen-bond acceptors (Lipinski definition) is 5. The van der Waals surface area contributed by atoms with E-state index >= 15 is 0 Å². The van der Waals surface area contributed by atoms with Gasteiger partial charge in [0.15, 0.2) is 11.6 Å². The number of methoxy groups -OCH3 is 1. The average molecular weight is 342 g/mol. The molecule has 0 unspecified atom stereocenters. The summed E-state index contributed by atoms with van der Waals surface area (Å²) in [7, 11) is 1.64. The van der Waals surface area contributed by atoms with Crippen LogP contribution >= 0.6 is 0 Å². The van der Waals surface area contributed by atoms with Crippen molar-refractivity contribution >= 4 is 34.0 Å². The van der Waals surface area contributed by atoms with Gasteiger partial charge in [-0.3, -0.25) is 0 Å². The van der Waals surface area contributed by atoms with Gasteiger partial charge in [-0.15, -0.1) is 0 Å². The Morgan fingerprint density at radius 1 is 0.654 bits per heavy atom. The maximum Gasteiger partial charge on any atom is 0.174 e. The Balaban J connectivity index is 1.79. The zero-order chi connectivity index (χ0) is 17.8. The van der Waals surface area contributed by atoms with Crippen LogP contribution < -0.4 is 15.4 Å². The highest BCUT2D eigenvalue weighted by molar-refractivity contribution is 5.84. The molecule has 5 heteroatoms. The maximum atomic E-state index is 5.30. The molecule has 5 nitrogen and oxygen atoms in total. The number of benzene rings is 3. The third-order valence-electron chi connectivity index (χ3n) is 3.94. The quantitative estimate of drug-likeness (QED) is 0.527. The van der Waals surface area contributed by atoms with Gasteiger partial charge in [0.2, 0.25) is 0 Å². The highest BCUT2D eigenvalue weighted by Crippen LogP contribution is 2.28. The fourth-order valence-electron chi connectivity index (χ4n) is 2.65. The molecule has 1 heterocycles. The third-order valence-corrected chi connectivity index (χ3v) is 3.94. The molecule has 0 amide bonds. The summed E-state index contributed by atoms with van der Waals surface area (Å²) in [6.45, 7) is 0. The molecular formula is C21H18N4O. The third kappa shape index (κ3) is 3.42. The average Bonchev–Trinajstić information content (AvgIpc) is 2.69. The number of ether oxygens (including phenoxy) is 1. The fourth-order valence-corrected chi connectivity index (χ4v) is 2.65. The Hall–Kier alpha value is -3.60. The van der Waals surface area contributed by atoms with Gasteiger partial charge in [0.25, 0.3) is 0 Å². The maximum absolute atomic E-state index is 5.30. The second-order valence-corrected chi connectivity index (χ2v) is 5.76. The van der Waals surface area contributed by atoms with Crippen molar-refractivity contribution in [2.75, 3.05) is 17.7 Å². The first-order chi connectivity index (χ1) is 12.8. The monoisotopic (exact) mass is 342 g/mol. The van der Waals surface area contributed by atoms with Crippen LogP contribution in [0.5, 0.6) is 5.75 Å². The summed E-state index contributed by atoms with van der Waals surface area (Å²) in [4.78, 5) is 9.51. The molecule has 0 aliphatic carbocycles. The molecule has 0 saturated heterocycles. The van der Waals surface area contributed by atoms with Crippen molar-refractivity contribution in [2.24, 2.45) is 0 Å². The number of anilines is 4. The minimum absolute atomic E-state index is 0.654. The van der Waals surface area contributed by atoms with Gasteiger partial charge in [-0.05, 0) is 36.4 Å². The minimum Gasteiger partial charge on any atom is -0.497 e. The number of nitrogens with zero attached hydrogens (tertiary/aromatic N) is 2. The number of rotatable bonds is 5. The predicted molar refractivity (Wildman–Crippen MR) is 106 cm³/mol. The van der Waals surface area contributed by atoms with Gasteiger partial charge in [-0.25, -0.2) is 9.97 Å². The Kier molecular flexibility index (Phi) is 4.35. The predicted octanol–water partition coefficient (Wildman–Crippen LogP) is 5.13. The van der Waals surface area contributed by atoms with Crippen molar-refractivity contribution < 1.29 is 4.74 Å². The Bertz CT molecular complexity index is 1020. The number of fused-ring (bicyclic) bond motifs is 1. The Morgan fingerprint density at radius 3 is 1.73 bits per heavy atom. The lowest BCUT2D eigenvalue weighted by atomic mass is 10.2. The van der Waals surface area contributed by atoms with Gasteiger partial charge in [-0.1, -0.05) is 36.4 Å². The molecule has 0 fully saturated rings. The van der Waals surface area contributed by atoms with E-state index < -0.39 is 0 Å². The fraction of sp³-hybridized carbons (Fsp3) is 0.0476. The molecule has 0 spiro atoms. The van der Waals surface area contributed by atoms with Crippen LogP contribution in [0.15, 0.2) is 78.9 Å². The van der Waals surface area contributed by atoms with Crippen LogP contribution in [0, 0.1) is 0 Å². The van der Waals surface area contributed by atoms with Gasteiger partial charge in [0, 0.05) is 17.4 Å². The summed E-state index contributed by atoms with van der Waals surface area (Å²) in [6, 6.07) is 25.5. The van der Waals surface area contributed by atoms with E-state index in [1.807, 2.05) is 78.9 Å². The molecule has 1 aromatic heterocycles. The van der Waals surface area contributed by atoms with E-state index in [1.165, 1.54) is 0 Å². The van der Waals surface area contributed by atoms with Gasteiger partial charge in [0.1, 0.15) is 5.75 Å². The SMILES string of the molecule is COc1ccc2nc(Nc3ccccc3)c(Nc3ccccc3)nc2c1. The van der Waals surface area contributed by atoms with Crippen molar-refractivity contribution in [1.82, 2.24) is 9.97 Å². The van der Waals surface area contributed by atoms with Crippen molar-refractivity contribution in [3.63, 3.8) is 0 Å². The normalized spacial score (nSPS) is 10.5. The van der Waals surface area contributed by atoms with E-state index in [9.17, 15) is 0 Å². The van der Waals surface area contributed by atoms with Crippen LogP contribution in [0.3, 0.4) is 0 Å². The zero-order valence-electron chi connectivity index (χ0n) is 14.3. The van der Waals surface area contributed by atoms with Gasteiger partial charge in [0.05, 0.1) is 18.1 Å². The molecular weight excluding hydrogens is 324 g/mol. The van der Waals surface area contributed by atoms with Gasteiger partial charge >= 0.3 is 0 Å². The van der Waals surface area contributed by atoms with Crippen LogP contribution in [-0.4, -0.2) is 17.1 Å². The molecule has 4 rings (SSSR count). The Morgan fingerprint density at radius 2 is 1.19 bits per heavy atom. The van der Waals surface area contributed by atoms with Crippen LogP contribution in [0.1, 0.15) is 0 Å². The van der Waals surface area contributed by atoms with E-state index in [-0.39, 0.29) is 0 Å². The molecule has 3 aromatic carbocycles. The molecule has 4 aromatic rings. The lowest BCUT2D eigenvalue weighted by Gasteiger charge is -2.14. The number of nitrogens with one attached hydrogen (secondary N) is 2. The largest absolute Gasteiger partial charge is 0.497 e. The molecule has 0 aliphatic heterocycles. The van der Waals surface area contributed by atoms with Crippen LogP contribution in [-0.2, 0) is 0 Å². The summed E-state index contributed by atoms with van der Waals surface area (Å²) in [5, 5.41) is 6.69. The van der Waals surface area contributed by atoms with E-state index in [1.54, 1.807) is 7.11 Å². The molecule has 0 aliphatic rings. The first-order valence-corrected chi connectivity index (χ1v) is 8.32. The van der Waals surface area contributed by atoms with Crippen molar-refractivity contribution in [1.29, 1.82) is 0 Å². The van der Waals surface area contributed by atoms with Gasteiger partial charge < -0.3 is 15.4 Å². The van der Waals surface area contributed by atoms with E-state index in [4.69, 9.17) is 14.7 Å². The minimum atomic E-state index is 0.654. The van der Waals surface area contributed by atoms with Crippen LogP contribution in [0.2, 0.25) is 0 Å². The summed E-state index contributed by atoms with van der Waals surface area (Å²) in [5.74, 6) is 2.07. The second kappa shape index (κ2) is 7.11. The summed E-state index contributed by atoms with van der Waals surface area (Å²) in [5.41, 5.74) is 3.45. The van der Waals surface area contributed by atoms with E-state index in [2.05, 4.69) is 10.6 Å². The molecule has 0 bridgehead atoms. The summed E-state index contributed by atoms with van der Waals surface area (Å²) < 4.78 is 5.30. The second-order valence-electron chi connectivity index (χ2n) is 5.76. The number of para-hydroxylation sites is 2. The van der Waals surface area contributed by atoms with Crippen molar-refractivity contribution in [2.45, 2.75) is 0 Å². The summed E-state index contributed by atoms with van der Waals surface area (Å²) >= 11 is 0. The smallest absolute Gasteiger partial charge is 0.174 e. The van der Waals surface area contributed by atoms with E-state index in [0.29, 0.717) is 11.6 Å². The molecule has 0 saturated carbocycles. The van der Waals surface area contributed by atoms with Crippen LogP contribution in [0.25, 0.3) is 11.0 Å². The lowest BCUT2D eigenvalue weighted by Crippen LogP contribution is -2.03. The number of hydrogen-bond donors (Lipinski definition) is 2. The molecule has 0 atom stereocenters.